The van der Waals surface area contributed by atoms with Gasteiger partial charge in [-0.05, 0) is 79.4 Å². The number of carbonyl (C=O) groups is 2. The number of carboxylic acid groups (broad SMARTS) is 1. The minimum atomic E-state index is -1.01. The highest BCUT2D eigenvalue weighted by molar-refractivity contribution is 8.00. The van der Waals surface area contributed by atoms with Crippen molar-refractivity contribution in [3.8, 4) is 5.75 Å². The molecule has 0 fully saturated rings. The fourth-order valence-corrected chi connectivity index (χ4v) is 4.65. The van der Waals surface area contributed by atoms with E-state index in [1.807, 2.05) is 66.7 Å². The van der Waals surface area contributed by atoms with Gasteiger partial charge in [0, 0.05) is 22.0 Å². The summed E-state index contributed by atoms with van der Waals surface area (Å²) in [5.74, 6) is -0.451. The zero-order valence-electron chi connectivity index (χ0n) is 19.7. The van der Waals surface area contributed by atoms with Gasteiger partial charge in [0.15, 0.2) is 0 Å². The minimum absolute atomic E-state index is 0.0649. The van der Waals surface area contributed by atoms with Crippen LogP contribution >= 0.6 is 23.5 Å². The first kappa shape index (κ1) is 26.2. The number of amides is 1. The summed E-state index contributed by atoms with van der Waals surface area (Å²) < 4.78 is 7.34. The number of aromatic carboxylic acids is 1. The van der Waals surface area contributed by atoms with Crippen LogP contribution in [0.5, 0.6) is 5.75 Å². The molecule has 182 valence electrons. The van der Waals surface area contributed by atoms with Gasteiger partial charge in [0.25, 0.3) is 0 Å². The summed E-state index contributed by atoms with van der Waals surface area (Å²) in [6.07, 6.45) is 3.91. The van der Waals surface area contributed by atoms with E-state index in [2.05, 4.69) is 5.32 Å². The number of benzene rings is 3. The molecule has 0 aliphatic carbocycles. The normalized spacial score (nSPS) is 10.9. The van der Waals surface area contributed by atoms with Gasteiger partial charge in [0.1, 0.15) is 12.3 Å². The van der Waals surface area contributed by atoms with E-state index >= 15 is 0 Å². The van der Waals surface area contributed by atoms with E-state index in [4.69, 9.17) is 16.3 Å². The molecule has 0 aromatic heterocycles. The van der Waals surface area contributed by atoms with Crippen molar-refractivity contribution in [2.24, 2.45) is 0 Å². The van der Waals surface area contributed by atoms with Gasteiger partial charge >= 0.3 is 5.97 Å². The number of carboxylic acids is 1. The topological polar surface area (TPSA) is 78.9 Å². The maximum atomic E-state index is 12.9. The molecule has 0 heterocycles. The molecule has 35 heavy (non-hydrogen) atoms. The number of nitrogens with zero attached hydrogens (tertiary/aromatic N) is 1. The average molecular weight is 511 g/mol. The van der Waals surface area contributed by atoms with E-state index in [9.17, 15) is 14.7 Å². The Hall–Kier alpha value is -3.42. The highest BCUT2D eigenvalue weighted by Gasteiger charge is 2.18. The quantitative estimate of drug-likeness (QED) is 0.315. The number of rotatable bonds is 10. The standard InChI is InChI=1S/C27H27ClN2O4S/c1-4-7-20-15-22(12-13-25(20)34-3)35-30(24-11-6-10-23(28)18(24)2)17-26(31)29-16-19-8-5-9-21(14-19)27(32)33/h4-15H,16-17H2,1-3H3,(H,29,31)(H,32,33)/b7-4-. The number of carbonyl (C=O) groups excluding carboxylic acids is 1. The molecule has 0 radical (unpaired) electrons. The number of nitrogens with one attached hydrogen (secondary N) is 1. The Morgan fingerprint density at radius 1 is 1.14 bits per heavy atom. The van der Waals surface area contributed by atoms with E-state index in [0.29, 0.717) is 10.6 Å². The van der Waals surface area contributed by atoms with E-state index in [-0.39, 0.29) is 24.6 Å². The second-order valence-corrected chi connectivity index (χ2v) is 9.20. The first-order valence-electron chi connectivity index (χ1n) is 10.9. The summed E-state index contributed by atoms with van der Waals surface area (Å²) in [6, 6.07) is 18.0. The Kier molecular flexibility index (Phi) is 9.23. The Labute approximate surface area is 214 Å². The van der Waals surface area contributed by atoms with E-state index in [1.54, 1.807) is 25.3 Å². The van der Waals surface area contributed by atoms with Crippen molar-refractivity contribution >= 4 is 47.2 Å². The smallest absolute Gasteiger partial charge is 0.335 e. The lowest BCUT2D eigenvalue weighted by Crippen LogP contribution is -2.34. The predicted molar refractivity (Wildman–Crippen MR) is 142 cm³/mol. The summed E-state index contributed by atoms with van der Waals surface area (Å²) in [5.41, 5.74) is 3.52. The summed E-state index contributed by atoms with van der Waals surface area (Å²) in [7, 11) is 1.63. The van der Waals surface area contributed by atoms with Crippen LogP contribution in [0.15, 0.2) is 71.6 Å². The zero-order chi connectivity index (χ0) is 25.4. The van der Waals surface area contributed by atoms with Crippen LogP contribution in [0.3, 0.4) is 0 Å². The molecule has 3 aromatic rings. The first-order chi connectivity index (χ1) is 16.8. The van der Waals surface area contributed by atoms with Crippen molar-refractivity contribution in [3.05, 3.63) is 94.0 Å². The highest BCUT2D eigenvalue weighted by atomic mass is 35.5. The van der Waals surface area contributed by atoms with Crippen molar-refractivity contribution in [2.75, 3.05) is 18.0 Å². The molecule has 3 aromatic carbocycles. The maximum absolute atomic E-state index is 12.9. The monoisotopic (exact) mass is 510 g/mol. The lowest BCUT2D eigenvalue weighted by molar-refractivity contribution is -0.119. The second-order valence-electron chi connectivity index (χ2n) is 7.70. The molecule has 0 unspecified atom stereocenters. The number of halogens is 1. The zero-order valence-corrected chi connectivity index (χ0v) is 21.3. The maximum Gasteiger partial charge on any atom is 0.335 e. The van der Waals surface area contributed by atoms with E-state index in [1.165, 1.54) is 18.0 Å². The molecular formula is C27H27ClN2O4S. The molecule has 6 nitrogen and oxygen atoms in total. The van der Waals surface area contributed by atoms with Gasteiger partial charge < -0.3 is 19.5 Å². The number of hydrogen-bond acceptors (Lipinski definition) is 5. The molecule has 0 saturated carbocycles. The van der Waals surface area contributed by atoms with Crippen LogP contribution in [0.1, 0.15) is 34.0 Å². The molecule has 0 saturated heterocycles. The molecule has 0 bridgehead atoms. The molecule has 8 heteroatoms. The van der Waals surface area contributed by atoms with E-state index in [0.717, 1.165) is 27.5 Å². The molecule has 1 amide bonds. The van der Waals surface area contributed by atoms with Crippen molar-refractivity contribution in [1.29, 1.82) is 0 Å². The number of hydrogen-bond donors (Lipinski definition) is 2. The second kappa shape index (κ2) is 12.3. The minimum Gasteiger partial charge on any atom is -0.496 e. The third-order valence-electron chi connectivity index (χ3n) is 5.22. The van der Waals surface area contributed by atoms with Gasteiger partial charge in [-0.25, -0.2) is 4.79 Å². The Morgan fingerprint density at radius 2 is 1.91 bits per heavy atom. The highest BCUT2D eigenvalue weighted by Crippen LogP contribution is 2.35. The van der Waals surface area contributed by atoms with Crippen molar-refractivity contribution in [3.63, 3.8) is 0 Å². The van der Waals surface area contributed by atoms with Crippen LogP contribution < -0.4 is 14.4 Å². The van der Waals surface area contributed by atoms with Crippen LogP contribution in [0.4, 0.5) is 5.69 Å². The predicted octanol–water partition coefficient (Wildman–Crippen LogP) is 6.22. The first-order valence-corrected chi connectivity index (χ1v) is 12.1. The van der Waals surface area contributed by atoms with Crippen molar-refractivity contribution in [1.82, 2.24) is 5.32 Å². The van der Waals surface area contributed by atoms with Gasteiger partial charge in [0.05, 0.1) is 18.4 Å². The SMILES string of the molecule is C/C=C\c1cc(SN(CC(=O)NCc2cccc(C(=O)O)c2)c2cccc(Cl)c2C)ccc1OC. The number of anilines is 1. The van der Waals surface area contributed by atoms with Gasteiger partial charge in [-0.2, -0.15) is 0 Å². The Balaban J connectivity index is 1.82. The third-order valence-corrected chi connectivity index (χ3v) is 6.64. The third kappa shape index (κ3) is 7.04. The number of ether oxygens (including phenoxy) is 1. The van der Waals surface area contributed by atoms with Gasteiger partial charge in [-0.15, -0.1) is 0 Å². The molecule has 0 aliphatic heterocycles. The van der Waals surface area contributed by atoms with Crippen LogP contribution in [0.25, 0.3) is 6.08 Å². The van der Waals surface area contributed by atoms with Crippen molar-refractivity contribution in [2.45, 2.75) is 25.3 Å². The summed E-state index contributed by atoms with van der Waals surface area (Å²) in [6.45, 7) is 4.15. The van der Waals surface area contributed by atoms with Gasteiger partial charge in [0.2, 0.25) is 5.91 Å². The lowest BCUT2D eigenvalue weighted by atomic mass is 10.1. The van der Waals surface area contributed by atoms with Crippen LogP contribution in [0, 0.1) is 6.92 Å². The van der Waals surface area contributed by atoms with Crippen LogP contribution in [0.2, 0.25) is 5.02 Å². The Morgan fingerprint density at radius 3 is 2.63 bits per heavy atom. The summed E-state index contributed by atoms with van der Waals surface area (Å²) in [4.78, 5) is 25.1. The molecule has 0 atom stereocenters. The molecule has 2 N–H and O–H groups in total. The average Bonchev–Trinajstić information content (AvgIpc) is 2.84. The Bertz CT molecular complexity index is 1250. The van der Waals surface area contributed by atoms with Crippen LogP contribution in [-0.4, -0.2) is 30.6 Å². The van der Waals surface area contributed by atoms with Crippen LogP contribution in [-0.2, 0) is 11.3 Å². The number of methoxy groups -OCH3 is 1. The lowest BCUT2D eigenvalue weighted by Gasteiger charge is -2.25. The van der Waals surface area contributed by atoms with Gasteiger partial charge in [-0.3, -0.25) is 4.79 Å². The fraction of sp³-hybridized carbons (Fsp3) is 0.185. The molecular weight excluding hydrogens is 484 g/mol. The summed E-state index contributed by atoms with van der Waals surface area (Å²) >= 11 is 7.80. The van der Waals surface area contributed by atoms with Crippen molar-refractivity contribution < 1.29 is 19.4 Å². The molecule has 3 rings (SSSR count). The molecule has 0 aliphatic rings. The fourth-order valence-electron chi connectivity index (χ4n) is 3.44. The van der Waals surface area contributed by atoms with Gasteiger partial charge in [-0.1, -0.05) is 42.0 Å². The summed E-state index contributed by atoms with van der Waals surface area (Å²) in [5, 5.41) is 12.7. The number of allylic oxidation sites excluding steroid dienone is 1. The largest absolute Gasteiger partial charge is 0.496 e. The van der Waals surface area contributed by atoms with E-state index < -0.39 is 5.97 Å². The molecule has 0 spiro atoms.